The average molecular weight is 624 g/mol. The molecule has 49 heavy (non-hydrogen) atoms. The lowest BCUT2D eigenvalue weighted by atomic mass is 9.37. The number of hydrogen-bond acceptors (Lipinski definition) is 1. The quantitative estimate of drug-likeness (QED) is 0.154. The van der Waals surface area contributed by atoms with Gasteiger partial charge in [0, 0.05) is 11.1 Å². The topological polar surface area (TPSA) is 12.9 Å². The molecule has 2 heteroatoms. The van der Waals surface area contributed by atoms with E-state index in [1.54, 1.807) is 0 Å². The highest BCUT2D eigenvalue weighted by molar-refractivity contribution is 6.95. The van der Waals surface area contributed by atoms with Gasteiger partial charge in [-0.15, -0.1) is 0 Å². The summed E-state index contributed by atoms with van der Waals surface area (Å²) in [6.07, 6.45) is 0. The fourth-order valence-electron chi connectivity index (χ4n) is 6.66. The van der Waals surface area contributed by atoms with E-state index in [0.717, 1.165) is 33.6 Å². The molecule has 0 radical (unpaired) electrons. The SMILES string of the molecule is c1ccc(B(c2ccccc2)c2ccc(-c3cc(-c4ccc(-c5ccccc5)cc4)cc(-c4ccc(-c5ccccc5)cc4)n3)cc2)cc1. The predicted octanol–water partition coefficient (Wildman–Crippen LogP) is 9.93. The summed E-state index contributed by atoms with van der Waals surface area (Å²) in [5.41, 5.74) is 15.0. The molecule has 0 amide bonds. The Kier molecular flexibility index (Phi) is 8.51. The Morgan fingerprint density at radius 3 is 0.939 bits per heavy atom. The van der Waals surface area contributed by atoms with E-state index in [0.29, 0.717) is 0 Å². The molecule has 0 saturated carbocycles. The van der Waals surface area contributed by atoms with Crippen LogP contribution >= 0.6 is 0 Å². The summed E-state index contributed by atoms with van der Waals surface area (Å²) < 4.78 is 0. The van der Waals surface area contributed by atoms with Crippen LogP contribution in [0.5, 0.6) is 0 Å². The normalized spacial score (nSPS) is 10.9. The van der Waals surface area contributed by atoms with E-state index in [9.17, 15) is 0 Å². The minimum absolute atomic E-state index is 0.151. The molecule has 7 aromatic carbocycles. The van der Waals surface area contributed by atoms with E-state index in [2.05, 4.69) is 206 Å². The van der Waals surface area contributed by atoms with Crippen molar-refractivity contribution in [2.45, 2.75) is 0 Å². The number of benzene rings is 7. The summed E-state index contributed by atoms with van der Waals surface area (Å²) in [5.74, 6) is 0. The Bertz CT molecular complexity index is 2120. The van der Waals surface area contributed by atoms with Gasteiger partial charge < -0.3 is 0 Å². The number of aromatic nitrogens is 1. The summed E-state index contributed by atoms with van der Waals surface area (Å²) in [4.78, 5) is 5.26. The molecular weight excluding hydrogens is 589 g/mol. The zero-order valence-electron chi connectivity index (χ0n) is 27.2. The third-order valence-corrected chi connectivity index (χ3v) is 9.24. The Balaban J connectivity index is 1.19. The van der Waals surface area contributed by atoms with Gasteiger partial charge in [-0.3, -0.25) is 0 Å². The first-order valence-electron chi connectivity index (χ1n) is 16.8. The smallest absolute Gasteiger partial charge is 0.241 e. The van der Waals surface area contributed by atoms with Crippen molar-refractivity contribution >= 4 is 23.1 Å². The monoisotopic (exact) mass is 623 g/mol. The van der Waals surface area contributed by atoms with E-state index in [1.165, 1.54) is 38.6 Å². The molecule has 230 valence electrons. The van der Waals surface area contributed by atoms with Gasteiger partial charge in [-0.05, 0) is 45.5 Å². The summed E-state index contributed by atoms with van der Waals surface area (Å²) in [6, 6.07) is 73.6. The second kappa shape index (κ2) is 13.9. The zero-order chi connectivity index (χ0) is 32.8. The number of rotatable bonds is 8. The van der Waals surface area contributed by atoms with Crippen LogP contribution in [0.1, 0.15) is 0 Å². The first-order chi connectivity index (χ1) is 24.3. The van der Waals surface area contributed by atoms with Crippen molar-refractivity contribution in [3.63, 3.8) is 0 Å². The van der Waals surface area contributed by atoms with Gasteiger partial charge in [-0.2, -0.15) is 0 Å². The van der Waals surface area contributed by atoms with Crippen LogP contribution < -0.4 is 16.4 Å². The molecule has 0 spiro atoms. The molecule has 0 saturated heterocycles. The number of nitrogens with zero attached hydrogens (tertiary/aromatic N) is 1. The van der Waals surface area contributed by atoms with Crippen molar-refractivity contribution in [2.75, 3.05) is 0 Å². The maximum absolute atomic E-state index is 5.26. The molecule has 0 N–H and O–H groups in total. The van der Waals surface area contributed by atoms with Crippen LogP contribution in [0.2, 0.25) is 0 Å². The van der Waals surface area contributed by atoms with Crippen molar-refractivity contribution in [2.24, 2.45) is 0 Å². The second-order valence-electron chi connectivity index (χ2n) is 12.4. The molecule has 0 aliphatic rings. The van der Waals surface area contributed by atoms with Crippen LogP contribution in [0.25, 0.3) is 55.9 Å². The van der Waals surface area contributed by atoms with Gasteiger partial charge >= 0.3 is 0 Å². The molecule has 1 nitrogen and oxygen atoms in total. The molecule has 0 bridgehead atoms. The van der Waals surface area contributed by atoms with Gasteiger partial charge in [-0.25, -0.2) is 4.98 Å². The maximum Gasteiger partial charge on any atom is 0.241 e. The van der Waals surface area contributed by atoms with Crippen LogP contribution in [0.4, 0.5) is 0 Å². The summed E-state index contributed by atoms with van der Waals surface area (Å²) in [6.45, 7) is 0.151. The molecule has 0 atom stereocenters. The standard InChI is InChI=1S/C47H34BN/c1-5-13-35(14-6-1)37-21-23-39(24-22-37)42-33-46(40-27-25-38(26-28-40)36-15-7-2-8-16-36)49-47(34-42)41-29-31-45(32-30-41)48(43-17-9-3-10-18-43)44-19-11-4-12-20-44/h1-34H. The van der Waals surface area contributed by atoms with Gasteiger partial charge in [0.2, 0.25) is 6.71 Å². The Morgan fingerprint density at radius 2 is 0.531 bits per heavy atom. The van der Waals surface area contributed by atoms with Crippen LogP contribution in [-0.2, 0) is 0 Å². The average Bonchev–Trinajstić information content (AvgIpc) is 3.20. The van der Waals surface area contributed by atoms with E-state index in [-0.39, 0.29) is 6.71 Å². The van der Waals surface area contributed by atoms with Gasteiger partial charge in [0.25, 0.3) is 0 Å². The number of hydrogen-bond donors (Lipinski definition) is 0. The molecule has 1 aromatic heterocycles. The predicted molar refractivity (Wildman–Crippen MR) is 209 cm³/mol. The fraction of sp³-hybridized carbons (Fsp3) is 0. The molecule has 8 rings (SSSR count). The van der Waals surface area contributed by atoms with Crippen molar-refractivity contribution in [1.82, 2.24) is 4.98 Å². The van der Waals surface area contributed by atoms with E-state index in [1.807, 2.05) is 0 Å². The van der Waals surface area contributed by atoms with Gasteiger partial charge in [-0.1, -0.05) is 211 Å². The highest BCUT2D eigenvalue weighted by atomic mass is 14.7. The van der Waals surface area contributed by atoms with Crippen LogP contribution in [0.15, 0.2) is 206 Å². The van der Waals surface area contributed by atoms with Crippen LogP contribution in [-0.4, -0.2) is 11.7 Å². The highest BCUT2D eigenvalue weighted by Gasteiger charge is 2.21. The summed E-state index contributed by atoms with van der Waals surface area (Å²) in [7, 11) is 0. The minimum atomic E-state index is 0.151. The second-order valence-corrected chi connectivity index (χ2v) is 12.4. The fourth-order valence-corrected chi connectivity index (χ4v) is 6.66. The first kappa shape index (κ1) is 30.1. The van der Waals surface area contributed by atoms with E-state index >= 15 is 0 Å². The Morgan fingerprint density at radius 1 is 0.245 bits per heavy atom. The van der Waals surface area contributed by atoms with Gasteiger partial charge in [0.05, 0.1) is 11.4 Å². The lowest BCUT2D eigenvalue weighted by molar-refractivity contribution is 1.32. The van der Waals surface area contributed by atoms with Crippen molar-refractivity contribution in [3.8, 4) is 55.9 Å². The lowest BCUT2D eigenvalue weighted by Crippen LogP contribution is -2.51. The van der Waals surface area contributed by atoms with Gasteiger partial charge in [0.15, 0.2) is 0 Å². The summed E-state index contributed by atoms with van der Waals surface area (Å²) >= 11 is 0. The number of pyridine rings is 1. The molecular formula is C47H34BN. The first-order valence-corrected chi connectivity index (χ1v) is 16.8. The third kappa shape index (κ3) is 6.63. The van der Waals surface area contributed by atoms with Crippen LogP contribution in [0.3, 0.4) is 0 Å². The molecule has 0 aliphatic heterocycles. The van der Waals surface area contributed by atoms with Crippen molar-refractivity contribution < 1.29 is 0 Å². The van der Waals surface area contributed by atoms with Crippen LogP contribution in [0, 0.1) is 0 Å². The Labute approximate surface area is 289 Å². The van der Waals surface area contributed by atoms with E-state index in [4.69, 9.17) is 4.98 Å². The minimum Gasteiger partial charge on any atom is -0.248 e. The van der Waals surface area contributed by atoms with Crippen molar-refractivity contribution in [1.29, 1.82) is 0 Å². The Hall–Kier alpha value is -6.25. The molecule has 0 fully saturated rings. The highest BCUT2D eigenvalue weighted by Crippen LogP contribution is 2.32. The lowest BCUT2D eigenvalue weighted by Gasteiger charge is -2.16. The van der Waals surface area contributed by atoms with E-state index < -0.39 is 0 Å². The summed E-state index contributed by atoms with van der Waals surface area (Å²) in [5, 5.41) is 0. The molecule has 0 unspecified atom stereocenters. The zero-order valence-corrected chi connectivity index (χ0v) is 27.2. The third-order valence-electron chi connectivity index (χ3n) is 9.24. The maximum atomic E-state index is 5.26. The molecule has 0 aliphatic carbocycles. The van der Waals surface area contributed by atoms with Crippen molar-refractivity contribution in [3.05, 3.63) is 206 Å². The molecule has 8 aromatic rings. The molecule has 1 heterocycles. The van der Waals surface area contributed by atoms with Gasteiger partial charge in [0.1, 0.15) is 0 Å². The largest absolute Gasteiger partial charge is 0.248 e.